The minimum absolute atomic E-state index is 0.419. The highest BCUT2D eigenvalue weighted by atomic mass is 127. The van der Waals surface area contributed by atoms with Crippen molar-refractivity contribution in [3.63, 3.8) is 0 Å². The number of hydrogen-bond acceptors (Lipinski definition) is 4. The van der Waals surface area contributed by atoms with E-state index in [-0.39, 0.29) is 0 Å². The summed E-state index contributed by atoms with van der Waals surface area (Å²) in [6, 6.07) is 6.81. The molecule has 0 aliphatic heterocycles. The molecule has 1 rings (SSSR count). The van der Waals surface area contributed by atoms with Gasteiger partial charge >= 0.3 is 0 Å². The molecule has 0 aromatic heterocycles. The van der Waals surface area contributed by atoms with Gasteiger partial charge in [0.1, 0.15) is 4.61 Å². The second kappa shape index (κ2) is 7.18. The van der Waals surface area contributed by atoms with E-state index >= 15 is 0 Å². The van der Waals surface area contributed by atoms with Gasteiger partial charge in [0.2, 0.25) is 0 Å². The van der Waals surface area contributed by atoms with Crippen LogP contribution in [0.3, 0.4) is 0 Å². The summed E-state index contributed by atoms with van der Waals surface area (Å²) in [5, 5.41) is 19.1. The lowest BCUT2D eigenvalue weighted by molar-refractivity contribution is -0.0983. The van der Waals surface area contributed by atoms with Crippen molar-refractivity contribution in [2.75, 3.05) is 11.2 Å². The molecule has 0 bridgehead atoms. The number of aliphatic hydroxyl groups excluding tert-OH is 2. The van der Waals surface area contributed by atoms with E-state index in [2.05, 4.69) is 0 Å². The van der Waals surface area contributed by atoms with Crippen LogP contribution >= 0.6 is 22.6 Å². The summed E-state index contributed by atoms with van der Waals surface area (Å²) in [6.45, 7) is 2.26. The fourth-order valence-corrected chi connectivity index (χ4v) is 1.58. The number of alkyl halides is 1. The Hall–Kier alpha value is -0.210. The van der Waals surface area contributed by atoms with Crippen LogP contribution in [0.4, 0.5) is 0 Å². The summed E-state index contributed by atoms with van der Waals surface area (Å²) in [5.41, 5.74) is 1.32. The molecular formula is C11H15IO4. The van der Waals surface area contributed by atoms with Gasteiger partial charge in [0.05, 0.1) is 0 Å². The molecule has 0 saturated carbocycles. The second-order valence-electron chi connectivity index (χ2n) is 3.10. The van der Waals surface area contributed by atoms with Crippen molar-refractivity contribution in [2.45, 2.75) is 19.5 Å². The predicted octanol–water partition coefficient (Wildman–Crippen LogP) is 2.11. The maximum Gasteiger partial charge on any atom is 0.182 e. The maximum absolute atomic E-state index is 9.54. The van der Waals surface area contributed by atoms with Gasteiger partial charge in [-0.3, -0.25) is 0 Å². The van der Waals surface area contributed by atoms with Crippen LogP contribution in [0.2, 0.25) is 0 Å². The van der Waals surface area contributed by atoms with Gasteiger partial charge in [-0.25, -0.2) is 0 Å². The smallest absolute Gasteiger partial charge is 0.182 e. The average Bonchev–Trinajstić information content (AvgIpc) is 2.30. The molecule has 4 nitrogen and oxygen atoms in total. The maximum atomic E-state index is 9.54. The zero-order valence-corrected chi connectivity index (χ0v) is 11.1. The van der Waals surface area contributed by atoms with E-state index in [0.29, 0.717) is 22.3 Å². The van der Waals surface area contributed by atoms with E-state index in [9.17, 15) is 10.2 Å². The zero-order chi connectivity index (χ0) is 12.0. The Morgan fingerprint density at radius 3 is 1.88 bits per heavy atom. The Balaban J connectivity index is 2.67. The van der Waals surface area contributed by atoms with Crippen molar-refractivity contribution in [1.29, 1.82) is 0 Å². The molecule has 0 aliphatic carbocycles. The minimum atomic E-state index is -0.921. The van der Waals surface area contributed by atoms with E-state index < -0.39 is 12.6 Å². The fraction of sp³-hybridized carbons (Fsp3) is 0.455. The molecule has 0 radical (unpaired) electrons. The number of aliphatic hydroxyl groups is 2. The normalized spacial score (nSPS) is 14.8. The van der Waals surface area contributed by atoms with Gasteiger partial charge in [-0.1, -0.05) is 46.9 Å². The van der Waals surface area contributed by atoms with E-state index in [0.717, 1.165) is 0 Å². The summed E-state index contributed by atoms with van der Waals surface area (Å²) in [4.78, 5) is 0. The number of ether oxygens (including phenoxy) is 2. The van der Waals surface area contributed by atoms with Gasteiger partial charge in [-0.15, -0.1) is 0 Å². The van der Waals surface area contributed by atoms with Crippen LogP contribution in [-0.4, -0.2) is 21.4 Å². The third kappa shape index (κ3) is 3.99. The molecule has 0 fully saturated rings. The van der Waals surface area contributed by atoms with Crippen LogP contribution in [0.15, 0.2) is 24.3 Å². The highest BCUT2D eigenvalue weighted by Gasteiger charge is 2.10. The largest absolute Gasteiger partial charge is 0.364 e. The quantitative estimate of drug-likeness (QED) is 0.474. The molecule has 2 N–H and O–H groups in total. The van der Waals surface area contributed by atoms with Crippen molar-refractivity contribution < 1.29 is 19.7 Å². The highest BCUT2D eigenvalue weighted by Crippen LogP contribution is 2.19. The van der Waals surface area contributed by atoms with Gasteiger partial charge < -0.3 is 19.7 Å². The van der Waals surface area contributed by atoms with Gasteiger partial charge in [0.25, 0.3) is 0 Å². The van der Waals surface area contributed by atoms with Crippen molar-refractivity contribution in [1.82, 2.24) is 0 Å². The Morgan fingerprint density at radius 2 is 1.50 bits per heavy atom. The summed E-state index contributed by atoms with van der Waals surface area (Å²) < 4.78 is 10.5. The topological polar surface area (TPSA) is 58.9 Å². The SMILES string of the molecule is CCOC(O)c1ccc(C(O)OCI)cc1. The molecule has 1 aromatic carbocycles. The van der Waals surface area contributed by atoms with Gasteiger partial charge in [-0.05, 0) is 6.92 Å². The number of hydrogen-bond donors (Lipinski definition) is 2. The molecule has 2 unspecified atom stereocenters. The average molecular weight is 338 g/mol. The van der Waals surface area contributed by atoms with E-state index in [1.165, 1.54) is 0 Å². The van der Waals surface area contributed by atoms with Crippen molar-refractivity contribution in [3.8, 4) is 0 Å². The molecule has 1 aromatic rings. The first-order valence-electron chi connectivity index (χ1n) is 4.94. The highest BCUT2D eigenvalue weighted by molar-refractivity contribution is 14.1. The van der Waals surface area contributed by atoms with Crippen LogP contribution < -0.4 is 0 Å². The standard InChI is InChI=1S/C11H15IO4/c1-2-15-10(13)8-3-5-9(6-4-8)11(14)16-7-12/h3-6,10-11,13-14H,2,7H2,1H3. The number of halogens is 1. The lowest BCUT2D eigenvalue weighted by atomic mass is 10.1. The third-order valence-corrected chi connectivity index (χ3v) is 2.41. The summed E-state index contributed by atoms with van der Waals surface area (Å²) >= 11 is 2.02. The van der Waals surface area contributed by atoms with Crippen molar-refractivity contribution in [2.24, 2.45) is 0 Å². The second-order valence-corrected chi connectivity index (χ2v) is 3.73. The first-order chi connectivity index (χ1) is 7.69. The Labute approximate surface area is 108 Å². The third-order valence-electron chi connectivity index (χ3n) is 2.05. The Morgan fingerprint density at radius 1 is 1.06 bits per heavy atom. The lowest BCUT2D eigenvalue weighted by Crippen LogP contribution is -2.05. The predicted molar refractivity (Wildman–Crippen MR) is 68.0 cm³/mol. The molecule has 0 aliphatic rings. The van der Waals surface area contributed by atoms with Gasteiger partial charge in [0.15, 0.2) is 12.6 Å². The summed E-state index contributed by atoms with van der Waals surface area (Å²) in [7, 11) is 0. The molecule has 0 heterocycles. The fourth-order valence-electron chi connectivity index (χ4n) is 1.24. The first kappa shape index (κ1) is 13.9. The molecule has 16 heavy (non-hydrogen) atoms. The molecule has 2 atom stereocenters. The molecule has 90 valence electrons. The van der Waals surface area contributed by atoms with E-state index in [1.807, 2.05) is 29.5 Å². The van der Waals surface area contributed by atoms with Crippen molar-refractivity contribution in [3.05, 3.63) is 35.4 Å². The van der Waals surface area contributed by atoms with Crippen LogP contribution in [0.5, 0.6) is 0 Å². The van der Waals surface area contributed by atoms with Gasteiger partial charge in [-0.2, -0.15) is 0 Å². The molecule has 0 spiro atoms. The Kier molecular flexibility index (Phi) is 6.22. The monoisotopic (exact) mass is 338 g/mol. The number of benzene rings is 1. The van der Waals surface area contributed by atoms with E-state index in [1.54, 1.807) is 24.3 Å². The van der Waals surface area contributed by atoms with E-state index in [4.69, 9.17) is 9.47 Å². The molecule has 0 amide bonds. The number of rotatable bonds is 6. The lowest BCUT2D eigenvalue weighted by Gasteiger charge is -2.13. The molecule has 0 saturated heterocycles. The zero-order valence-electron chi connectivity index (χ0n) is 8.97. The van der Waals surface area contributed by atoms with Gasteiger partial charge in [0, 0.05) is 17.7 Å². The van der Waals surface area contributed by atoms with Crippen LogP contribution in [0, 0.1) is 0 Å². The molecular weight excluding hydrogens is 323 g/mol. The van der Waals surface area contributed by atoms with Crippen molar-refractivity contribution >= 4 is 22.6 Å². The van der Waals surface area contributed by atoms with Crippen LogP contribution in [0.25, 0.3) is 0 Å². The summed E-state index contributed by atoms with van der Waals surface area (Å²) in [5.74, 6) is 0. The molecule has 5 heteroatoms. The minimum Gasteiger partial charge on any atom is -0.364 e. The van der Waals surface area contributed by atoms with Crippen LogP contribution in [0.1, 0.15) is 30.6 Å². The Bertz CT molecular complexity index is 270. The first-order valence-corrected chi connectivity index (χ1v) is 6.46. The van der Waals surface area contributed by atoms with Crippen LogP contribution in [-0.2, 0) is 9.47 Å². The summed E-state index contributed by atoms with van der Waals surface area (Å²) in [6.07, 6.45) is -1.84.